The molecule has 0 saturated carbocycles. The highest BCUT2D eigenvalue weighted by atomic mass is 16.1. The van der Waals surface area contributed by atoms with Gasteiger partial charge in [-0.25, -0.2) is 0 Å². The lowest BCUT2D eigenvalue weighted by atomic mass is 9.72. The van der Waals surface area contributed by atoms with Crippen LogP contribution in [0.3, 0.4) is 0 Å². The van der Waals surface area contributed by atoms with E-state index in [-0.39, 0.29) is 5.41 Å². The van der Waals surface area contributed by atoms with E-state index in [0.717, 1.165) is 6.29 Å². The average molecular weight is 204 g/mol. The zero-order chi connectivity index (χ0) is 11.5. The molecule has 1 heteroatoms. The molecular formula is C14H20O. The van der Waals surface area contributed by atoms with Crippen LogP contribution in [0, 0.1) is 11.3 Å². The van der Waals surface area contributed by atoms with Crippen LogP contribution in [0.5, 0.6) is 0 Å². The number of carbonyl (C=O) groups excluding carboxylic acids is 1. The van der Waals surface area contributed by atoms with Crippen LogP contribution >= 0.6 is 0 Å². The van der Waals surface area contributed by atoms with Gasteiger partial charge in [0.15, 0.2) is 0 Å². The van der Waals surface area contributed by atoms with Crippen molar-refractivity contribution in [1.29, 1.82) is 0 Å². The standard InChI is InChI=1S/C14H20O/c1-11(12(2)14(3,4)10-15)13-8-6-5-7-9-13/h5-12H,1-4H3/t11-,12+/m1/s1. The normalized spacial score (nSPS) is 15.7. The van der Waals surface area contributed by atoms with Gasteiger partial charge in [0.25, 0.3) is 0 Å². The Morgan fingerprint density at radius 3 is 2.13 bits per heavy atom. The van der Waals surface area contributed by atoms with Gasteiger partial charge in [-0.15, -0.1) is 0 Å². The summed E-state index contributed by atoms with van der Waals surface area (Å²) >= 11 is 0. The second-order valence-electron chi connectivity index (χ2n) is 4.93. The summed E-state index contributed by atoms with van der Waals surface area (Å²) in [6, 6.07) is 10.4. The number of benzene rings is 1. The van der Waals surface area contributed by atoms with Gasteiger partial charge < -0.3 is 4.79 Å². The number of rotatable bonds is 4. The molecule has 0 saturated heterocycles. The Morgan fingerprint density at radius 1 is 1.13 bits per heavy atom. The molecule has 1 aromatic carbocycles. The minimum absolute atomic E-state index is 0.255. The van der Waals surface area contributed by atoms with Gasteiger partial charge in [0.05, 0.1) is 0 Å². The van der Waals surface area contributed by atoms with Crippen molar-refractivity contribution in [3.8, 4) is 0 Å². The Hall–Kier alpha value is -1.11. The van der Waals surface area contributed by atoms with E-state index in [2.05, 4.69) is 26.0 Å². The summed E-state index contributed by atoms with van der Waals surface area (Å²) in [6.45, 7) is 8.34. The number of hydrogen-bond acceptors (Lipinski definition) is 1. The minimum atomic E-state index is -0.255. The predicted octanol–water partition coefficient (Wildman–Crippen LogP) is 3.65. The fraction of sp³-hybridized carbons (Fsp3) is 0.500. The van der Waals surface area contributed by atoms with Crippen LogP contribution in [0.1, 0.15) is 39.2 Å². The molecule has 0 aliphatic carbocycles. The lowest BCUT2D eigenvalue weighted by molar-refractivity contribution is -0.117. The molecule has 0 unspecified atom stereocenters. The summed E-state index contributed by atoms with van der Waals surface area (Å²) in [5.74, 6) is 0.754. The first-order valence-corrected chi connectivity index (χ1v) is 5.50. The Bertz CT molecular complexity index is 313. The summed E-state index contributed by atoms with van der Waals surface area (Å²) < 4.78 is 0. The lowest BCUT2D eigenvalue weighted by Gasteiger charge is -2.31. The highest BCUT2D eigenvalue weighted by molar-refractivity contribution is 5.58. The molecule has 0 aliphatic rings. The van der Waals surface area contributed by atoms with Crippen LogP contribution in [0.4, 0.5) is 0 Å². The van der Waals surface area contributed by atoms with E-state index >= 15 is 0 Å². The second-order valence-corrected chi connectivity index (χ2v) is 4.93. The van der Waals surface area contributed by atoms with Crippen molar-refractivity contribution in [2.24, 2.45) is 11.3 Å². The molecule has 0 amide bonds. The Labute approximate surface area is 92.5 Å². The van der Waals surface area contributed by atoms with Crippen LogP contribution in [0.2, 0.25) is 0 Å². The van der Waals surface area contributed by atoms with Crippen molar-refractivity contribution in [2.45, 2.75) is 33.6 Å². The lowest BCUT2D eigenvalue weighted by Crippen LogP contribution is -2.27. The van der Waals surface area contributed by atoms with Gasteiger partial charge in [0.2, 0.25) is 0 Å². The highest BCUT2D eigenvalue weighted by Gasteiger charge is 2.30. The van der Waals surface area contributed by atoms with Crippen molar-refractivity contribution in [3.63, 3.8) is 0 Å². The highest BCUT2D eigenvalue weighted by Crippen LogP contribution is 2.35. The third-order valence-electron chi connectivity index (χ3n) is 3.55. The number of carbonyl (C=O) groups is 1. The van der Waals surface area contributed by atoms with Crippen molar-refractivity contribution in [1.82, 2.24) is 0 Å². The van der Waals surface area contributed by atoms with Crippen LogP contribution in [-0.2, 0) is 4.79 Å². The Morgan fingerprint density at radius 2 is 1.67 bits per heavy atom. The maximum atomic E-state index is 11.0. The van der Waals surface area contributed by atoms with Crippen molar-refractivity contribution < 1.29 is 4.79 Å². The number of aldehydes is 1. The van der Waals surface area contributed by atoms with Crippen molar-refractivity contribution >= 4 is 6.29 Å². The molecular weight excluding hydrogens is 184 g/mol. The fourth-order valence-electron chi connectivity index (χ4n) is 1.80. The molecule has 2 atom stereocenters. The average Bonchev–Trinajstić information content (AvgIpc) is 2.28. The summed E-state index contributed by atoms with van der Waals surface area (Å²) in [7, 11) is 0. The van der Waals surface area contributed by atoms with Crippen molar-refractivity contribution in [2.75, 3.05) is 0 Å². The molecule has 0 fully saturated rings. The molecule has 0 aromatic heterocycles. The van der Waals surface area contributed by atoms with Crippen LogP contribution < -0.4 is 0 Å². The first-order chi connectivity index (χ1) is 6.99. The molecule has 15 heavy (non-hydrogen) atoms. The van der Waals surface area contributed by atoms with Gasteiger partial charge >= 0.3 is 0 Å². The summed E-state index contributed by atoms with van der Waals surface area (Å²) in [5.41, 5.74) is 1.05. The van der Waals surface area contributed by atoms with E-state index in [0.29, 0.717) is 11.8 Å². The third kappa shape index (κ3) is 2.68. The largest absolute Gasteiger partial charge is 0.303 e. The Kier molecular flexibility index (Phi) is 3.67. The van der Waals surface area contributed by atoms with E-state index in [9.17, 15) is 4.79 Å². The zero-order valence-electron chi connectivity index (χ0n) is 10.0. The SMILES string of the molecule is C[C@@H](c1ccccc1)[C@H](C)C(C)(C)C=O. The van der Waals surface area contributed by atoms with Crippen LogP contribution in [-0.4, -0.2) is 6.29 Å². The molecule has 0 N–H and O–H groups in total. The van der Waals surface area contributed by atoms with Crippen LogP contribution in [0.15, 0.2) is 30.3 Å². The smallest absolute Gasteiger partial charge is 0.125 e. The first kappa shape index (κ1) is 12.0. The topological polar surface area (TPSA) is 17.1 Å². The van der Waals surface area contributed by atoms with Gasteiger partial charge in [-0.1, -0.05) is 58.0 Å². The van der Waals surface area contributed by atoms with E-state index in [1.165, 1.54) is 5.56 Å². The van der Waals surface area contributed by atoms with Crippen molar-refractivity contribution in [3.05, 3.63) is 35.9 Å². The molecule has 82 valence electrons. The maximum absolute atomic E-state index is 11.0. The van der Waals surface area contributed by atoms with E-state index in [1.54, 1.807) is 0 Å². The summed E-state index contributed by atoms with van der Waals surface area (Å²) in [4.78, 5) is 11.0. The van der Waals surface area contributed by atoms with Gasteiger partial charge in [-0.2, -0.15) is 0 Å². The second kappa shape index (κ2) is 4.61. The molecule has 0 radical (unpaired) electrons. The molecule has 1 rings (SSSR count). The van der Waals surface area contributed by atoms with Gasteiger partial charge in [0.1, 0.15) is 6.29 Å². The molecule has 0 heterocycles. The zero-order valence-corrected chi connectivity index (χ0v) is 10.0. The monoisotopic (exact) mass is 204 g/mol. The molecule has 0 spiro atoms. The minimum Gasteiger partial charge on any atom is -0.303 e. The molecule has 0 bridgehead atoms. The Balaban J connectivity index is 2.86. The van der Waals surface area contributed by atoms with Gasteiger partial charge in [0, 0.05) is 5.41 Å². The van der Waals surface area contributed by atoms with Crippen LogP contribution in [0.25, 0.3) is 0 Å². The van der Waals surface area contributed by atoms with E-state index in [4.69, 9.17) is 0 Å². The quantitative estimate of drug-likeness (QED) is 0.684. The molecule has 0 aliphatic heterocycles. The molecule has 1 nitrogen and oxygen atoms in total. The fourth-order valence-corrected chi connectivity index (χ4v) is 1.80. The molecule has 1 aromatic rings. The van der Waals surface area contributed by atoms with E-state index < -0.39 is 0 Å². The third-order valence-corrected chi connectivity index (χ3v) is 3.55. The number of hydrogen-bond donors (Lipinski definition) is 0. The maximum Gasteiger partial charge on any atom is 0.125 e. The predicted molar refractivity (Wildman–Crippen MR) is 63.9 cm³/mol. The van der Waals surface area contributed by atoms with Gasteiger partial charge in [-0.05, 0) is 17.4 Å². The van der Waals surface area contributed by atoms with Gasteiger partial charge in [-0.3, -0.25) is 0 Å². The summed E-state index contributed by atoms with van der Waals surface area (Å²) in [5, 5.41) is 0. The first-order valence-electron chi connectivity index (χ1n) is 5.50. The summed E-state index contributed by atoms with van der Waals surface area (Å²) in [6.07, 6.45) is 1.07. The van der Waals surface area contributed by atoms with E-state index in [1.807, 2.05) is 32.0 Å².